The third-order valence-corrected chi connectivity index (χ3v) is 3.87. The number of nitro groups is 1. The Morgan fingerprint density at radius 2 is 2.04 bits per heavy atom. The highest BCUT2D eigenvalue weighted by atomic mass is 16.6. The average Bonchev–Trinajstić information content (AvgIpc) is 2.57. The molecule has 9 heteroatoms. The molecule has 2 amide bonds. The van der Waals surface area contributed by atoms with Crippen LogP contribution >= 0.6 is 0 Å². The number of hydrogen-bond donors (Lipinski definition) is 2. The van der Waals surface area contributed by atoms with Gasteiger partial charge in [0.1, 0.15) is 12.1 Å². The minimum absolute atomic E-state index is 0.488. The van der Waals surface area contributed by atoms with Gasteiger partial charge < -0.3 is 11.1 Å². The molecule has 0 aliphatic heterocycles. The Kier molecular flexibility index (Phi) is 5.51. The molecule has 1 aromatic carbocycles. The number of aromatic nitrogens is 1. The smallest absolute Gasteiger partial charge is 0.286 e. The minimum atomic E-state index is -1.10. The van der Waals surface area contributed by atoms with Crippen molar-refractivity contribution in [1.29, 1.82) is 0 Å². The SMILES string of the molecule is CCc1cccc(C)c1NC(=O)Cn1cc([N+](=O)[O-])cc(C(N)=O)c1=O. The van der Waals surface area contributed by atoms with Crippen molar-refractivity contribution in [1.82, 2.24) is 4.57 Å². The fourth-order valence-electron chi connectivity index (χ4n) is 2.55. The summed E-state index contributed by atoms with van der Waals surface area (Å²) in [5.41, 5.74) is 5.58. The highest BCUT2D eigenvalue weighted by Gasteiger charge is 2.19. The lowest BCUT2D eigenvalue weighted by molar-refractivity contribution is -0.385. The Balaban J connectivity index is 2.37. The number of nitrogens with one attached hydrogen (secondary N) is 1. The van der Waals surface area contributed by atoms with E-state index < -0.39 is 40.1 Å². The van der Waals surface area contributed by atoms with Crippen molar-refractivity contribution in [2.75, 3.05) is 5.32 Å². The quantitative estimate of drug-likeness (QED) is 0.593. The lowest BCUT2D eigenvalue weighted by Crippen LogP contribution is -2.33. The van der Waals surface area contributed by atoms with E-state index >= 15 is 0 Å². The van der Waals surface area contributed by atoms with Gasteiger partial charge in [0.25, 0.3) is 17.2 Å². The van der Waals surface area contributed by atoms with Crippen molar-refractivity contribution in [3.8, 4) is 0 Å². The van der Waals surface area contributed by atoms with Gasteiger partial charge in [-0.05, 0) is 24.5 Å². The summed E-state index contributed by atoms with van der Waals surface area (Å²) in [6.45, 7) is 3.28. The fourth-order valence-corrected chi connectivity index (χ4v) is 2.55. The molecule has 0 spiro atoms. The van der Waals surface area contributed by atoms with E-state index in [0.717, 1.165) is 28.0 Å². The molecule has 0 aliphatic carbocycles. The summed E-state index contributed by atoms with van der Waals surface area (Å²) < 4.78 is 0.803. The molecule has 0 fully saturated rings. The molecule has 1 heterocycles. The molecule has 2 rings (SSSR count). The molecular weight excluding hydrogens is 340 g/mol. The van der Waals surface area contributed by atoms with Gasteiger partial charge in [0.05, 0.1) is 11.1 Å². The third kappa shape index (κ3) is 3.94. The zero-order valence-electron chi connectivity index (χ0n) is 14.3. The van der Waals surface area contributed by atoms with Gasteiger partial charge in [-0.2, -0.15) is 0 Å². The molecule has 0 radical (unpaired) electrons. The highest BCUT2D eigenvalue weighted by Crippen LogP contribution is 2.21. The average molecular weight is 358 g/mol. The van der Waals surface area contributed by atoms with E-state index in [1.165, 1.54) is 0 Å². The Labute approximate surface area is 148 Å². The van der Waals surface area contributed by atoms with Gasteiger partial charge in [-0.1, -0.05) is 25.1 Å². The number of primary amides is 1. The molecule has 136 valence electrons. The normalized spacial score (nSPS) is 10.4. The van der Waals surface area contributed by atoms with Crippen molar-refractivity contribution < 1.29 is 14.5 Å². The second-order valence-corrected chi connectivity index (χ2v) is 5.68. The predicted molar refractivity (Wildman–Crippen MR) is 95.1 cm³/mol. The Hall–Kier alpha value is -3.49. The molecular formula is C17H18N4O5. The first kappa shape index (κ1) is 18.8. The molecule has 0 atom stereocenters. The zero-order chi connectivity index (χ0) is 19.4. The lowest BCUT2D eigenvalue weighted by atomic mass is 10.1. The van der Waals surface area contributed by atoms with Crippen molar-refractivity contribution in [2.24, 2.45) is 5.73 Å². The Bertz CT molecular complexity index is 949. The second kappa shape index (κ2) is 7.60. The first-order valence-electron chi connectivity index (χ1n) is 7.81. The molecule has 26 heavy (non-hydrogen) atoms. The van der Waals surface area contributed by atoms with Crippen LogP contribution in [0.4, 0.5) is 11.4 Å². The van der Waals surface area contributed by atoms with E-state index in [0.29, 0.717) is 12.1 Å². The number of carbonyl (C=O) groups is 2. The molecule has 0 unspecified atom stereocenters. The van der Waals surface area contributed by atoms with Crippen LogP contribution in [0.1, 0.15) is 28.4 Å². The second-order valence-electron chi connectivity index (χ2n) is 5.68. The van der Waals surface area contributed by atoms with Gasteiger partial charge >= 0.3 is 0 Å². The summed E-state index contributed by atoms with van der Waals surface area (Å²) in [7, 11) is 0. The van der Waals surface area contributed by atoms with Gasteiger partial charge in [0, 0.05) is 11.8 Å². The van der Waals surface area contributed by atoms with E-state index in [4.69, 9.17) is 5.73 Å². The van der Waals surface area contributed by atoms with E-state index in [1.54, 1.807) is 0 Å². The standard InChI is InChI=1S/C17H18N4O5/c1-3-11-6-4-5-10(2)15(11)19-14(22)9-20-8-12(21(25)26)7-13(16(18)23)17(20)24/h4-8H,3,9H2,1-2H3,(H2,18,23)(H,19,22). The van der Waals surface area contributed by atoms with Crippen LogP contribution in [0, 0.1) is 17.0 Å². The van der Waals surface area contributed by atoms with E-state index in [2.05, 4.69) is 5.32 Å². The van der Waals surface area contributed by atoms with Gasteiger partial charge in [-0.15, -0.1) is 0 Å². The topological polar surface area (TPSA) is 137 Å². The van der Waals surface area contributed by atoms with Crippen LogP contribution in [-0.2, 0) is 17.8 Å². The molecule has 0 aliphatic rings. The van der Waals surface area contributed by atoms with Crippen molar-refractivity contribution in [2.45, 2.75) is 26.8 Å². The zero-order valence-corrected chi connectivity index (χ0v) is 14.3. The van der Waals surface area contributed by atoms with E-state index in [9.17, 15) is 24.5 Å². The van der Waals surface area contributed by atoms with Crippen molar-refractivity contribution >= 4 is 23.2 Å². The number of anilines is 1. The van der Waals surface area contributed by atoms with Crippen LogP contribution in [0.15, 0.2) is 35.3 Å². The summed E-state index contributed by atoms with van der Waals surface area (Å²) in [6, 6.07) is 6.37. The van der Waals surface area contributed by atoms with Gasteiger partial charge in [0.2, 0.25) is 5.91 Å². The van der Waals surface area contributed by atoms with Crippen molar-refractivity contribution in [3.63, 3.8) is 0 Å². The maximum Gasteiger partial charge on any atom is 0.286 e. The molecule has 0 bridgehead atoms. The van der Waals surface area contributed by atoms with Crippen LogP contribution in [0.2, 0.25) is 0 Å². The summed E-state index contributed by atoms with van der Waals surface area (Å²) in [5.74, 6) is -1.65. The number of rotatable bonds is 6. The number of para-hydroxylation sites is 1. The number of hydrogen-bond acceptors (Lipinski definition) is 5. The molecule has 1 aromatic heterocycles. The number of pyridine rings is 1. The first-order chi connectivity index (χ1) is 12.2. The predicted octanol–water partition coefficient (Wildman–Crippen LogP) is 1.36. The van der Waals surface area contributed by atoms with Crippen LogP contribution < -0.4 is 16.6 Å². The molecule has 2 aromatic rings. The number of nitrogens with two attached hydrogens (primary N) is 1. The largest absolute Gasteiger partial charge is 0.365 e. The lowest BCUT2D eigenvalue weighted by Gasteiger charge is -2.13. The number of nitrogens with zero attached hydrogens (tertiary/aromatic N) is 2. The van der Waals surface area contributed by atoms with Gasteiger partial charge in [0.15, 0.2) is 0 Å². The molecule has 9 nitrogen and oxygen atoms in total. The van der Waals surface area contributed by atoms with Crippen LogP contribution in [0.5, 0.6) is 0 Å². The van der Waals surface area contributed by atoms with Gasteiger partial charge in [-0.25, -0.2) is 0 Å². The summed E-state index contributed by atoms with van der Waals surface area (Å²) in [5, 5.41) is 13.7. The number of aryl methyl sites for hydroxylation is 2. The first-order valence-corrected chi connectivity index (χ1v) is 7.81. The summed E-state index contributed by atoms with van der Waals surface area (Å²) >= 11 is 0. The maximum atomic E-state index is 12.4. The minimum Gasteiger partial charge on any atom is -0.365 e. The van der Waals surface area contributed by atoms with E-state index in [-0.39, 0.29) is 0 Å². The fraction of sp³-hybridized carbons (Fsp3) is 0.235. The Morgan fingerprint density at radius 1 is 1.35 bits per heavy atom. The van der Waals surface area contributed by atoms with Crippen LogP contribution in [-0.4, -0.2) is 21.3 Å². The highest BCUT2D eigenvalue weighted by molar-refractivity contribution is 5.94. The number of carbonyl (C=O) groups excluding carboxylic acids is 2. The molecule has 0 saturated heterocycles. The number of benzene rings is 1. The number of amides is 2. The summed E-state index contributed by atoms with van der Waals surface area (Å²) in [4.78, 5) is 46.1. The maximum absolute atomic E-state index is 12.4. The van der Waals surface area contributed by atoms with E-state index in [1.807, 2.05) is 32.0 Å². The summed E-state index contributed by atoms with van der Waals surface area (Å²) in [6.07, 6.45) is 1.60. The van der Waals surface area contributed by atoms with Crippen LogP contribution in [0.3, 0.4) is 0 Å². The van der Waals surface area contributed by atoms with Crippen LogP contribution in [0.25, 0.3) is 0 Å². The van der Waals surface area contributed by atoms with Crippen molar-refractivity contribution in [3.05, 3.63) is 67.6 Å². The monoisotopic (exact) mass is 358 g/mol. The third-order valence-electron chi connectivity index (χ3n) is 3.87. The molecule has 0 saturated carbocycles. The van der Waals surface area contributed by atoms with Gasteiger partial charge in [-0.3, -0.25) is 29.1 Å². The molecule has 3 N–H and O–H groups in total. The Morgan fingerprint density at radius 3 is 2.62 bits per heavy atom.